The van der Waals surface area contributed by atoms with E-state index in [1.165, 1.54) is 6.21 Å². The zero-order valence-corrected chi connectivity index (χ0v) is 16.3. The van der Waals surface area contributed by atoms with E-state index >= 15 is 0 Å². The molecule has 0 atom stereocenters. The predicted octanol–water partition coefficient (Wildman–Crippen LogP) is 3.65. The Morgan fingerprint density at radius 1 is 0.867 bits per heavy atom. The molecular formula is C22H16ClN3O4. The molecule has 0 aromatic heterocycles. The minimum absolute atomic E-state index is 0.309. The molecule has 0 saturated heterocycles. The van der Waals surface area contributed by atoms with Crippen LogP contribution in [0.15, 0.2) is 84.0 Å². The molecule has 0 radical (unpaired) electrons. The van der Waals surface area contributed by atoms with Gasteiger partial charge in [0.15, 0.2) is 0 Å². The highest BCUT2D eigenvalue weighted by Crippen LogP contribution is 2.20. The maximum absolute atomic E-state index is 12.1. The molecule has 0 aliphatic carbocycles. The van der Waals surface area contributed by atoms with Crippen molar-refractivity contribution in [2.45, 2.75) is 0 Å². The molecule has 2 N–H and O–H groups in total. The number of nitrogens with zero attached hydrogens (tertiary/aromatic N) is 1. The molecule has 0 heterocycles. The second-order valence-electron chi connectivity index (χ2n) is 5.96. The normalized spacial score (nSPS) is 10.4. The number of hydrogen-bond donors (Lipinski definition) is 2. The lowest BCUT2D eigenvalue weighted by Gasteiger charge is -2.06. The van der Waals surface area contributed by atoms with Crippen molar-refractivity contribution in [2.24, 2.45) is 5.10 Å². The van der Waals surface area contributed by atoms with Crippen LogP contribution in [0.3, 0.4) is 0 Å². The van der Waals surface area contributed by atoms with E-state index in [-0.39, 0.29) is 0 Å². The smallest absolute Gasteiger partial charge is 0.343 e. The number of halogens is 1. The number of hydrogen-bond acceptors (Lipinski definition) is 5. The molecule has 3 rings (SSSR count). The van der Waals surface area contributed by atoms with Crippen molar-refractivity contribution >= 4 is 41.3 Å². The van der Waals surface area contributed by atoms with E-state index < -0.39 is 17.8 Å². The van der Waals surface area contributed by atoms with Gasteiger partial charge in [-0.05, 0) is 42.0 Å². The third-order valence-corrected chi connectivity index (χ3v) is 4.12. The largest absolute Gasteiger partial charge is 0.423 e. The summed E-state index contributed by atoms with van der Waals surface area (Å²) in [6.07, 6.45) is 1.32. The molecule has 30 heavy (non-hydrogen) atoms. The predicted molar refractivity (Wildman–Crippen MR) is 114 cm³/mol. The Labute approximate surface area is 177 Å². The monoisotopic (exact) mass is 421 g/mol. The zero-order chi connectivity index (χ0) is 21.3. The zero-order valence-electron chi connectivity index (χ0n) is 15.5. The minimum atomic E-state index is -0.960. The number of anilines is 1. The van der Waals surface area contributed by atoms with Crippen LogP contribution < -0.4 is 15.5 Å². The number of nitrogens with one attached hydrogen (secondary N) is 2. The van der Waals surface area contributed by atoms with Gasteiger partial charge in [-0.1, -0.05) is 54.1 Å². The van der Waals surface area contributed by atoms with Gasteiger partial charge in [-0.2, -0.15) is 5.10 Å². The summed E-state index contributed by atoms with van der Waals surface area (Å²) in [6.45, 7) is 0. The first-order valence-corrected chi connectivity index (χ1v) is 9.17. The van der Waals surface area contributed by atoms with Crippen molar-refractivity contribution in [2.75, 3.05) is 5.32 Å². The molecule has 3 aromatic rings. The molecule has 0 fully saturated rings. The van der Waals surface area contributed by atoms with Crippen molar-refractivity contribution in [3.8, 4) is 5.75 Å². The molecule has 0 aliphatic rings. The number of ether oxygens (including phenoxy) is 1. The standard InChI is InChI=1S/C22H16ClN3O4/c23-18-11-4-5-12-19(18)25-20(27)21(28)26-24-14-15-7-6-10-17(13-15)30-22(29)16-8-2-1-3-9-16/h1-14H,(H,25,27)(H,26,28). The number of amides is 2. The average molecular weight is 422 g/mol. The highest BCUT2D eigenvalue weighted by Gasteiger charge is 2.14. The molecule has 8 heteroatoms. The Morgan fingerprint density at radius 3 is 2.37 bits per heavy atom. The Balaban J connectivity index is 1.56. The topological polar surface area (TPSA) is 96.9 Å². The second-order valence-corrected chi connectivity index (χ2v) is 6.37. The third kappa shape index (κ3) is 5.76. The van der Waals surface area contributed by atoms with E-state index in [0.717, 1.165) is 0 Å². The molecule has 0 unspecified atom stereocenters. The van der Waals surface area contributed by atoms with Gasteiger partial charge in [-0.15, -0.1) is 0 Å². The lowest BCUT2D eigenvalue weighted by Crippen LogP contribution is -2.32. The number of carbonyl (C=O) groups excluding carboxylic acids is 3. The van der Waals surface area contributed by atoms with Crippen molar-refractivity contribution < 1.29 is 19.1 Å². The van der Waals surface area contributed by atoms with Crippen LogP contribution in [0.5, 0.6) is 5.75 Å². The van der Waals surface area contributed by atoms with Gasteiger partial charge >= 0.3 is 17.8 Å². The fourth-order valence-electron chi connectivity index (χ4n) is 2.36. The Morgan fingerprint density at radius 2 is 1.60 bits per heavy atom. The van der Waals surface area contributed by atoms with Crippen LogP contribution in [0.4, 0.5) is 5.69 Å². The number of esters is 1. The SMILES string of the molecule is O=C(NN=Cc1cccc(OC(=O)c2ccccc2)c1)C(=O)Nc1ccccc1Cl. The lowest BCUT2D eigenvalue weighted by atomic mass is 10.2. The first-order chi connectivity index (χ1) is 14.5. The molecule has 0 aliphatic heterocycles. The second kappa shape index (κ2) is 9.99. The van der Waals surface area contributed by atoms with Crippen LogP contribution in [0.1, 0.15) is 15.9 Å². The maximum atomic E-state index is 12.1. The van der Waals surface area contributed by atoms with Gasteiger partial charge in [0.2, 0.25) is 0 Å². The lowest BCUT2D eigenvalue weighted by molar-refractivity contribution is -0.136. The minimum Gasteiger partial charge on any atom is -0.423 e. The molecular weight excluding hydrogens is 406 g/mol. The van der Waals surface area contributed by atoms with Crippen molar-refractivity contribution in [1.82, 2.24) is 5.43 Å². The van der Waals surface area contributed by atoms with Gasteiger partial charge in [0, 0.05) is 0 Å². The average Bonchev–Trinajstić information content (AvgIpc) is 2.76. The summed E-state index contributed by atoms with van der Waals surface area (Å²) in [7, 11) is 0. The number of para-hydroxylation sites is 1. The summed E-state index contributed by atoms with van der Waals surface area (Å²) in [5, 5.41) is 6.45. The van der Waals surface area contributed by atoms with Crippen molar-refractivity contribution in [3.05, 3.63) is 95.0 Å². The van der Waals surface area contributed by atoms with E-state index in [9.17, 15) is 14.4 Å². The number of rotatable bonds is 5. The quantitative estimate of drug-likeness (QED) is 0.216. The van der Waals surface area contributed by atoms with Gasteiger partial charge in [0.25, 0.3) is 0 Å². The van der Waals surface area contributed by atoms with Crippen LogP contribution in [-0.4, -0.2) is 24.0 Å². The summed E-state index contributed by atoms with van der Waals surface area (Å²) in [6, 6.07) is 21.7. The van der Waals surface area contributed by atoms with Crippen LogP contribution in [0, 0.1) is 0 Å². The van der Waals surface area contributed by atoms with Crippen molar-refractivity contribution in [3.63, 3.8) is 0 Å². The van der Waals surface area contributed by atoms with Gasteiger partial charge in [-0.3, -0.25) is 9.59 Å². The van der Waals surface area contributed by atoms with E-state index in [0.29, 0.717) is 27.6 Å². The number of hydrazone groups is 1. The first-order valence-electron chi connectivity index (χ1n) is 8.79. The highest BCUT2D eigenvalue weighted by molar-refractivity contribution is 6.41. The Bertz CT molecular complexity index is 1100. The molecule has 2 amide bonds. The number of benzene rings is 3. The van der Waals surface area contributed by atoms with Gasteiger partial charge in [-0.25, -0.2) is 10.2 Å². The van der Waals surface area contributed by atoms with Gasteiger partial charge < -0.3 is 10.1 Å². The molecule has 3 aromatic carbocycles. The third-order valence-electron chi connectivity index (χ3n) is 3.79. The van der Waals surface area contributed by atoms with Crippen LogP contribution in [-0.2, 0) is 9.59 Å². The summed E-state index contributed by atoms with van der Waals surface area (Å²) >= 11 is 5.94. The summed E-state index contributed by atoms with van der Waals surface area (Å²) in [5.41, 5.74) is 3.42. The van der Waals surface area contributed by atoms with E-state index in [4.69, 9.17) is 16.3 Å². The summed E-state index contributed by atoms with van der Waals surface area (Å²) in [4.78, 5) is 35.9. The van der Waals surface area contributed by atoms with Gasteiger partial charge in [0.1, 0.15) is 5.75 Å². The Kier molecular flexibility index (Phi) is 6.91. The van der Waals surface area contributed by atoms with Crippen molar-refractivity contribution in [1.29, 1.82) is 0 Å². The molecule has 7 nitrogen and oxygen atoms in total. The Hall–Kier alpha value is -3.97. The highest BCUT2D eigenvalue weighted by atomic mass is 35.5. The molecule has 0 saturated carbocycles. The fraction of sp³-hybridized carbons (Fsp3) is 0. The summed E-state index contributed by atoms with van der Waals surface area (Å²) in [5.74, 6) is -2.05. The summed E-state index contributed by atoms with van der Waals surface area (Å²) < 4.78 is 5.32. The van der Waals surface area contributed by atoms with E-state index in [2.05, 4.69) is 15.8 Å². The van der Waals surface area contributed by atoms with E-state index in [1.54, 1.807) is 78.9 Å². The molecule has 150 valence electrons. The molecule has 0 bridgehead atoms. The van der Waals surface area contributed by atoms with Gasteiger partial charge in [0.05, 0.1) is 22.5 Å². The van der Waals surface area contributed by atoms with Crippen LogP contribution >= 0.6 is 11.6 Å². The van der Waals surface area contributed by atoms with E-state index in [1.807, 2.05) is 0 Å². The molecule has 0 spiro atoms. The van der Waals surface area contributed by atoms with Crippen LogP contribution in [0.25, 0.3) is 0 Å². The maximum Gasteiger partial charge on any atom is 0.343 e. The first kappa shape index (κ1) is 20.8. The number of carbonyl (C=O) groups is 3. The van der Waals surface area contributed by atoms with Crippen LogP contribution in [0.2, 0.25) is 5.02 Å². The fourth-order valence-corrected chi connectivity index (χ4v) is 2.54.